The Hall–Kier alpha value is -0.990. The number of carbonyl (C=O) groups is 1. The Morgan fingerprint density at radius 2 is 1.59 bits per heavy atom. The molecule has 0 aliphatic heterocycles. The lowest BCUT2D eigenvalue weighted by Crippen LogP contribution is -2.28. The maximum absolute atomic E-state index is 11.9. The van der Waals surface area contributed by atoms with Crippen molar-refractivity contribution in [3.63, 3.8) is 0 Å². The van der Waals surface area contributed by atoms with Crippen LogP contribution in [0.25, 0.3) is 0 Å². The van der Waals surface area contributed by atoms with Crippen LogP contribution in [0.4, 0.5) is 0 Å². The second kappa shape index (κ2) is 24.6. The largest absolute Gasteiger partial charge is 0.463 e. The third-order valence-electron chi connectivity index (χ3n) is 5.13. The molecule has 0 fully saturated rings. The minimum Gasteiger partial charge on any atom is -0.463 e. The lowest BCUT2D eigenvalue weighted by Gasteiger charge is -2.17. The second-order valence-corrected chi connectivity index (χ2v) is 8.21. The number of esters is 1. The molecular weight excluding hydrogens is 412 g/mol. The smallest absolute Gasteiger partial charge is 0.305 e. The molecule has 2 unspecified atom stereocenters. The van der Waals surface area contributed by atoms with Crippen molar-refractivity contribution < 1.29 is 34.3 Å². The van der Waals surface area contributed by atoms with E-state index >= 15 is 0 Å². The fraction of sp³-hybridized carbons (Fsp3) is 0.880. The van der Waals surface area contributed by atoms with Crippen molar-refractivity contribution in [1.82, 2.24) is 0 Å². The van der Waals surface area contributed by atoms with E-state index in [0.29, 0.717) is 6.42 Å². The summed E-state index contributed by atoms with van der Waals surface area (Å²) < 4.78 is 15.8. The van der Waals surface area contributed by atoms with E-state index in [1.54, 1.807) is 0 Å². The molecular formula is C25H48O7. The molecule has 0 radical (unpaired) electrons. The first-order valence-corrected chi connectivity index (χ1v) is 12.5. The summed E-state index contributed by atoms with van der Waals surface area (Å²) in [4.78, 5) is 11.9. The summed E-state index contributed by atoms with van der Waals surface area (Å²) in [6.45, 7) is 2.65. The number of allylic oxidation sites excluding steroid dienone is 1. The van der Waals surface area contributed by atoms with Crippen molar-refractivity contribution >= 4 is 5.97 Å². The Morgan fingerprint density at radius 3 is 2.34 bits per heavy atom. The number of unbranched alkanes of at least 4 members (excludes halogenated alkanes) is 8. The van der Waals surface area contributed by atoms with Gasteiger partial charge in [0.1, 0.15) is 12.7 Å². The Labute approximate surface area is 195 Å². The molecule has 0 aromatic heterocycles. The van der Waals surface area contributed by atoms with Crippen molar-refractivity contribution in [2.75, 3.05) is 39.6 Å². The summed E-state index contributed by atoms with van der Waals surface area (Å²) in [6.07, 6.45) is 16.7. The minimum atomic E-state index is -0.437. The lowest BCUT2D eigenvalue weighted by atomic mass is 10.1. The Kier molecular flexibility index (Phi) is 23.9. The van der Waals surface area contributed by atoms with Gasteiger partial charge in [-0.05, 0) is 32.1 Å². The third-order valence-corrected chi connectivity index (χ3v) is 5.13. The first-order chi connectivity index (χ1) is 15.6. The van der Waals surface area contributed by atoms with Gasteiger partial charge in [0.2, 0.25) is 0 Å². The topological polar surface area (TPSA) is 105 Å². The van der Waals surface area contributed by atoms with Crippen LogP contribution in [-0.4, -0.2) is 73.1 Å². The number of carbonyl (C=O) groups excluding carboxylic acids is 1. The predicted octanol–water partition coefficient (Wildman–Crippen LogP) is 3.92. The summed E-state index contributed by atoms with van der Waals surface area (Å²) in [7, 11) is 0. The number of hydrogen-bond donors (Lipinski definition) is 3. The fourth-order valence-electron chi connectivity index (χ4n) is 3.26. The van der Waals surface area contributed by atoms with Gasteiger partial charge >= 0.3 is 5.97 Å². The molecule has 32 heavy (non-hydrogen) atoms. The standard InChI is InChI=1S/C25H48O7/c1-2-3-4-11-14-23(28)15-12-9-7-5-6-8-10-13-16-25(29)32-22-24(31-20-18-27)21-30-19-17-26/h9,12,23-24,26-28H,2-8,10-11,13-22H2,1H3/b12-9-. The first kappa shape index (κ1) is 31.0. The van der Waals surface area contributed by atoms with Crippen molar-refractivity contribution in [1.29, 1.82) is 0 Å². The van der Waals surface area contributed by atoms with E-state index < -0.39 is 6.10 Å². The highest BCUT2D eigenvalue weighted by molar-refractivity contribution is 5.69. The van der Waals surface area contributed by atoms with E-state index in [4.69, 9.17) is 24.4 Å². The molecule has 190 valence electrons. The molecule has 3 N–H and O–H groups in total. The summed E-state index contributed by atoms with van der Waals surface area (Å²) in [5, 5.41) is 27.5. The zero-order valence-electron chi connectivity index (χ0n) is 20.2. The summed E-state index contributed by atoms with van der Waals surface area (Å²) in [5.74, 6) is -0.249. The van der Waals surface area contributed by atoms with Crippen LogP contribution in [0.3, 0.4) is 0 Å². The van der Waals surface area contributed by atoms with Gasteiger partial charge < -0.3 is 29.5 Å². The maximum Gasteiger partial charge on any atom is 0.305 e. The third kappa shape index (κ3) is 22.2. The molecule has 7 heteroatoms. The van der Waals surface area contributed by atoms with E-state index in [0.717, 1.165) is 57.8 Å². The molecule has 7 nitrogen and oxygen atoms in total. The highest BCUT2D eigenvalue weighted by Crippen LogP contribution is 2.11. The Balaban J connectivity index is 3.61. The first-order valence-electron chi connectivity index (χ1n) is 12.5. The van der Waals surface area contributed by atoms with Crippen molar-refractivity contribution in [2.24, 2.45) is 0 Å². The van der Waals surface area contributed by atoms with Crippen LogP contribution >= 0.6 is 0 Å². The highest BCUT2D eigenvalue weighted by atomic mass is 16.6. The number of hydrogen-bond acceptors (Lipinski definition) is 7. The monoisotopic (exact) mass is 460 g/mol. The van der Waals surface area contributed by atoms with Crippen molar-refractivity contribution in [3.05, 3.63) is 12.2 Å². The van der Waals surface area contributed by atoms with E-state index in [2.05, 4.69) is 19.1 Å². The average molecular weight is 461 g/mol. The Morgan fingerprint density at radius 1 is 0.875 bits per heavy atom. The summed E-state index contributed by atoms with van der Waals surface area (Å²) in [5.41, 5.74) is 0. The summed E-state index contributed by atoms with van der Waals surface area (Å²) >= 11 is 0. The van der Waals surface area contributed by atoms with Gasteiger partial charge in [-0.2, -0.15) is 0 Å². The normalized spacial score (nSPS) is 13.5. The number of rotatable bonds is 24. The van der Waals surface area contributed by atoms with Gasteiger partial charge in [0.05, 0.1) is 39.1 Å². The van der Waals surface area contributed by atoms with Gasteiger partial charge in [-0.15, -0.1) is 0 Å². The zero-order chi connectivity index (χ0) is 23.7. The van der Waals surface area contributed by atoms with Crippen LogP contribution in [0.5, 0.6) is 0 Å². The van der Waals surface area contributed by atoms with Crippen molar-refractivity contribution in [2.45, 2.75) is 103 Å². The van der Waals surface area contributed by atoms with Crippen LogP contribution in [-0.2, 0) is 19.0 Å². The molecule has 2 atom stereocenters. The molecule has 0 spiro atoms. The molecule has 0 aliphatic rings. The van der Waals surface area contributed by atoms with Gasteiger partial charge in [-0.3, -0.25) is 4.79 Å². The highest BCUT2D eigenvalue weighted by Gasteiger charge is 2.13. The maximum atomic E-state index is 11.9. The lowest BCUT2D eigenvalue weighted by molar-refractivity contribution is -0.150. The second-order valence-electron chi connectivity index (χ2n) is 8.21. The zero-order valence-corrected chi connectivity index (χ0v) is 20.2. The molecule has 0 aromatic carbocycles. The molecule has 0 saturated carbocycles. The minimum absolute atomic E-state index is 0.0783. The molecule has 0 rings (SSSR count). The van der Waals surface area contributed by atoms with Crippen LogP contribution in [0, 0.1) is 0 Å². The fourth-order valence-corrected chi connectivity index (χ4v) is 3.26. The van der Waals surface area contributed by atoms with Crippen LogP contribution in [0.2, 0.25) is 0 Å². The van der Waals surface area contributed by atoms with E-state index in [1.807, 2.05) is 0 Å². The quantitative estimate of drug-likeness (QED) is 0.114. The van der Waals surface area contributed by atoms with Gasteiger partial charge in [0, 0.05) is 6.42 Å². The number of aliphatic hydroxyl groups is 3. The van der Waals surface area contributed by atoms with E-state index in [1.165, 1.54) is 19.3 Å². The van der Waals surface area contributed by atoms with Crippen LogP contribution in [0.1, 0.15) is 90.4 Å². The summed E-state index contributed by atoms with van der Waals surface area (Å²) in [6, 6.07) is 0. The Bertz CT molecular complexity index is 429. The van der Waals surface area contributed by atoms with Crippen molar-refractivity contribution in [3.8, 4) is 0 Å². The molecule has 0 aromatic rings. The van der Waals surface area contributed by atoms with Gasteiger partial charge in [-0.1, -0.05) is 64.0 Å². The molecule has 0 aliphatic carbocycles. The van der Waals surface area contributed by atoms with Gasteiger partial charge in [0.25, 0.3) is 0 Å². The predicted molar refractivity (Wildman–Crippen MR) is 127 cm³/mol. The van der Waals surface area contributed by atoms with Crippen LogP contribution < -0.4 is 0 Å². The van der Waals surface area contributed by atoms with Gasteiger partial charge in [0.15, 0.2) is 0 Å². The number of ether oxygens (including phenoxy) is 3. The molecule has 0 bridgehead atoms. The molecule has 0 heterocycles. The molecule has 0 saturated heterocycles. The van der Waals surface area contributed by atoms with Crippen LogP contribution in [0.15, 0.2) is 12.2 Å². The average Bonchev–Trinajstić information content (AvgIpc) is 2.79. The SMILES string of the molecule is CCCCCCC(O)C/C=C\CCCCCCCC(=O)OCC(COCCO)OCCO. The van der Waals surface area contributed by atoms with Gasteiger partial charge in [-0.25, -0.2) is 0 Å². The van der Waals surface area contributed by atoms with E-state index in [-0.39, 0.29) is 51.7 Å². The van der Waals surface area contributed by atoms with E-state index in [9.17, 15) is 9.90 Å². The molecule has 0 amide bonds. The number of aliphatic hydroxyl groups excluding tert-OH is 3.